The fourth-order valence-corrected chi connectivity index (χ4v) is 7.82. The molecule has 0 aromatic heterocycles. The van der Waals surface area contributed by atoms with Gasteiger partial charge in [-0.25, -0.2) is 0 Å². The Bertz CT molecular complexity index is 665. The summed E-state index contributed by atoms with van der Waals surface area (Å²) in [7, 11) is 0. The highest BCUT2D eigenvalue weighted by atomic mass is 16.2. The van der Waals surface area contributed by atoms with Gasteiger partial charge in [0.2, 0.25) is 11.8 Å². The number of fused-ring (bicyclic) bond motifs is 3. The second-order valence-corrected chi connectivity index (χ2v) is 12.3. The molecule has 0 aromatic rings. The molecule has 4 aliphatic carbocycles. The summed E-state index contributed by atoms with van der Waals surface area (Å²) in [6.07, 6.45) is 10.2. The Kier molecular flexibility index (Phi) is 5.17. The molecular formula is C24H40N4O2. The molecule has 3 aliphatic heterocycles. The molecule has 30 heavy (non-hydrogen) atoms. The quantitative estimate of drug-likeness (QED) is 0.721. The lowest BCUT2D eigenvalue weighted by atomic mass is 9.53. The number of piperidine rings is 2. The highest BCUT2D eigenvalue weighted by molar-refractivity contribution is 5.79. The fraction of sp³-hybridized carbons (Fsp3) is 0.917. The van der Waals surface area contributed by atoms with Crippen molar-refractivity contribution in [1.29, 1.82) is 0 Å². The molecule has 3 heterocycles. The second kappa shape index (κ2) is 7.47. The van der Waals surface area contributed by atoms with Crippen molar-refractivity contribution >= 4 is 11.8 Å². The molecule has 7 fully saturated rings. The van der Waals surface area contributed by atoms with Gasteiger partial charge in [0, 0.05) is 36.3 Å². The van der Waals surface area contributed by atoms with E-state index in [4.69, 9.17) is 0 Å². The van der Waals surface area contributed by atoms with Crippen LogP contribution in [0.5, 0.6) is 0 Å². The molecule has 6 heteroatoms. The number of nitrogens with zero attached hydrogens (tertiary/aromatic N) is 2. The first-order valence-electron chi connectivity index (χ1n) is 12.3. The van der Waals surface area contributed by atoms with Gasteiger partial charge in [0.1, 0.15) is 0 Å². The molecule has 7 rings (SSSR count). The number of piperazine rings is 1. The van der Waals surface area contributed by atoms with Crippen molar-refractivity contribution in [1.82, 2.24) is 20.4 Å². The number of hydrogen-bond donors (Lipinski definition) is 2. The van der Waals surface area contributed by atoms with Crippen LogP contribution in [0.2, 0.25) is 0 Å². The zero-order valence-electron chi connectivity index (χ0n) is 19.1. The highest BCUT2D eigenvalue weighted by Gasteiger charge is 2.51. The molecule has 7 aliphatic rings. The van der Waals surface area contributed by atoms with Gasteiger partial charge in [0.25, 0.3) is 0 Å². The van der Waals surface area contributed by atoms with E-state index in [0.717, 1.165) is 43.7 Å². The van der Waals surface area contributed by atoms with Crippen LogP contribution < -0.4 is 10.6 Å². The Morgan fingerprint density at radius 3 is 1.73 bits per heavy atom. The maximum Gasteiger partial charge on any atom is 0.234 e. The molecule has 4 saturated carbocycles. The summed E-state index contributed by atoms with van der Waals surface area (Å²) in [5.41, 5.74) is -0.0784. The Morgan fingerprint density at radius 2 is 1.30 bits per heavy atom. The number of rotatable bonds is 5. The van der Waals surface area contributed by atoms with Crippen LogP contribution in [0.3, 0.4) is 0 Å². The molecule has 2 unspecified atom stereocenters. The van der Waals surface area contributed by atoms with Gasteiger partial charge in [-0.3, -0.25) is 19.4 Å². The molecule has 0 radical (unpaired) electrons. The third-order valence-electron chi connectivity index (χ3n) is 8.41. The average Bonchev–Trinajstić information content (AvgIpc) is 2.59. The van der Waals surface area contributed by atoms with Crippen LogP contribution in [0.25, 0.3) is 0 Å². The van der Waals surface area contributed by atoms with Gasteiger partial charge in [-0.15, -0.1) is 0 Å². The standard InChI is InChI=1S/C24H40N4O2/c1-23(2,3)25-21(29)14-27-12-20-5-4-19(27)13-28(20)15-22(30)26-24-9-16-6-17(10-24)8-18(7-16)11-24/h16-20H,4-15H2,1-3H3,(H,25,29)(H,26,30). The van der Waals surface area contributed by atoms with E-state index in [0.29, 0.717) is 25.2 Å². The first kappa shape index (κ1) is 20.7. The van der Waals surface area contributed by atoms with Crippen LogP contribution in [0.4, 0.5) is 0 Å². The summed E-state index contributed by atoms with van der Waals surface area (Å²) < 4.78 is 0. The predicted molar refractivity (Wildman–Crippen MR) is 117 cm³/mol. The largest absolute Gasteiger partial charge is 0.350 e. The Balaban J connectivity index is 1.14. The third-order valence-corrected chi connectivity index (χ3v) is 8.41. The van der Waals surface area contributed by atoms with E-state index in [1.165, 1.54) is 38.5 Å². The summed E-state index contributed by atoms with van der Waals surface area (Å²) in [5.74, 6) is 2.92. The van der Waals surface area contributed by atoms with Crippen molar-refractivity contribution in [3.63, 3.8) is 0 Å². The minimum atomic E-state index is -0.187. The van der Waals surface area contributed by atoms with E-state index >= 15 is 0 Å². The van der Waals surface area contributed by atoms with Crippen molar-refractivity contribution in [2.75, 3.05) is 26.2 Å². The van der Waals surface area contributed by atoms with Crippen LogP contribution in [0.15, 0.2) is 0 Å². The highest BCUT2D eigenvalue weighted by Crippen LogP contribution is 2.55. The second-order valence-electron chi connectivity index (χ2n) is 12.3. The van der Waals surface area contributed by atoms with E-state index in [2.05, 4.69) is 20.4 Å². The van der Waals surface area contributed by atoms with E-state index < -0.39 is 0 Å². The van der Waals surface area contributed by atoms with Crippen molar-refractivity contribution in [3.05, 3.63) is 0 Å². The topological polar surface area (TPSA) is 64.7 Å². The molecule has 0 aromatic carbocycles. The van der Waals surface area contributed by atoms with Crippen LogP contribution >= 0.6 is 0 Å². The van der Waals surface area contributed by atoms with E-state index in [-0.39, 0.29) is 22.9 Å². The lowest BCUT2D eigenvalue weighted by Crippen LogP contribution is -2.66. The van der Waals surface area contributed by atoms with E-state index in [9.17, 15) is 9.59 Å². The van der Waals surface area contributed by atoms with Crippen LogP contribution in [0.1, 0.15) is 72.1 Å². The van der Waals surface area contributed by atoms with Gasteiger partial charge < -0.3 is 10.6 Å². The summed E-state index contributed by atoms with van der Waals surface area (Å²) in [4.78, 5) is 30.2. The summed E-state index contributed by atoms with van der Waals surface area (Å²) in [5, 5.41) is 6.63. The number of carbonyl (C=O) groups excluding carboxylic acids is 2. The average molecular weight is 417 g/mol. The summed E-state index contributed by atoms with van der Waals surface area (Å²) in [6, 6.07) is 0.799. The molecule has 0 spiro atoms. The lowest BCUT2D eigenvalue weighted by molar-refractivity contribution is -0.133. The minimum Gasteiger partial charge on any atom is -0.350 e. The first-order valence-corrected chi connectivity index (χ1v) is 12.3. The molecule has 2 atom stereocenters. The zero-order chi connectivity index (χ0) is 21.1. The van der Waals surface area contributed by atoms with Crippen molar-refractivity contribution in [2.45, 2.75) is 95.3 Å². The van der Waals surface area contributed by atoms with Gasteiger partial charge in [-0.05, 0) is 89.9 Å². The fourth-order valence-electron chi connectivity index (χ4n) is 7.82. The predicted octanol–water partition coefficient (Wildman–Crippen LogP) is 2.13. The van der Waals surface area contributed by atoms with Crippen molar-refractivity contribution in [2.24, 2.45) is 17.8 Å². The van der Waals surface area contributed by atoms with Gasteiger partial charge >= 0.3 is 0 Å². The molecule has 6 bridgehead atoms. The molecule has 168 valence electrons. The van der Waals surface area contributed by atoms with Gasteiger partial charge in [0.15, 0.2) is 0 Å². The molecular weight excluding hydrogens is 376 g/mol. The summed E-state index contributed by atoms with van der Waals surface area (Å²) in [6.45, 7) is 8.91. The maximum atomic E-state index is 13.1. The molecule has 2 N–H and O–H groups in total. The number of amides is 2. The molecule has 3 saturated heterocycles. The van der Waals surface area contributed by atoms with Crippen LogP contribution in [-0.2, 0) is 9.59 Å². The Labute approximate surface area is 181 Å². The van der Waals surface area contributed by atoms with Gasteiger partial charge in [-0.2, -0.15) is 0 Å². The molecule has 2 amide bonds. The smallest absolute Gasteiger partial charge is 0.234 e. The van der Waals surface area contributed by atoms with E-state index in [1.54, 1.807) is 0 Å². The van der Waals surface area contributed by atoms with Gasteiger partial charge in [-0.1, -0.05) is 0 Å². The number of nitrogens with one attached hydrogen (secondary N) is 2. The number of hydrogen-bond acceptors (Lipinski definition) is 4. The summed E-state index contributed by atoms with van der Waals surface area (Å²) >= 11 is 0. The Morgan fingerprint density at radius 1 is 0.833 bits per heavy atom. The lowest BCUT2D eigenvalue weighted by Gasteiger charge is -2.57. The van der Waals surface area contributed by atoms with Crippen molar-refractivity contribution in [3.8, 4) is 0 Å². The monoisotopic (exact) mass is 416 g/mol. The third kappa shape index (κ3) is 4.27. The number of carbonyl (C=O) groups is 2. The van der Waals surface area contributed by atoms with Crippen molar-refractivity contribution < 1.29 is 9.59 Å². The normalized spacial score (nSPS) is 40.6. The van der Waals surface area contributed by atoms with E-state index in [1.807, 2.05) is 20.8 Å². The van der Waals surface area contributed by atoms with Gasteiger partial charge in [0.05, 0.1) is 13.1 Å². The first-order chi connectivity index (χ1) is 14.2. The van der Waals surface area contributed by atoms with Crippen LogP contribution in [-0.4, -0.2) is 71.0 Å². The maximum absolute atomic E-state index is 13.1. The zero-order valence-corrected chi connectivity index (χ0v) is 19.1. The SMILES string of the molecule is CC(C)(C)NC(=O)CN1CC2CCC1CN2CC(=O)NC12CC3CC(CC(C3)C1)C2. The Hall–Kier alpha value is -1.14. The molecule has 6 nitrogen and oxygen atoms in total. The minimum absolute atomic E-state index is 0.109. The van der Waals surface area contributed by atoms with Crippen LogP contribution in [0, 0.1) is 17.8 Å².